The Bertz CT molecular complexity index is 384. The molecule has 2 nitrogen and oxygen atoms in total. The van der Waals surface area contributed by atoms with Crippen molar-refractivity contribution >= 4 is 23.4 Å². The zero-order valence-corrected chi connectivity index (χ0v) is 11.7. The highest BCUT2D eigenvalue weighted by Gasteiger charge is 2.22. The highest BCUT2D eigenvalue weighted by molar-refractivity contribution is 7.99. The molecule has 4 heteroatoms. The van der Waals surface area contributed by atoms with Crippen LogP contribution in [0.25, 0.3) is 0 Å². The van der Waals surface area contributed by atoms with E-state index < -0.39 is 0 Å². The summed E-state index contributed by atoms with van der Waals surface area (Å²) in [5.74, 6) is 2.34. The van der Waals surface area contributed by atoms with Gasteiger partial charge in [-0.25, -0.2) is 0 Å². The lowest BCUT2D eigenvalue weighted by atomic mass is 10.2. The first kappa shape index (κ1) is 13.1. The third kappa shape index (κ3) is 3.30. The SMILES string of the molecule is COc1c(Cl)cccc1CSC1C[C@@H](C)CO1. The summed E-state index contributed by atoms with van der Waals surface area (Å²) in [6, 6.07) is 5.86. The van der Waals surface area contributed by atoms with Crippen LogP contribution in [0.3, 0.4) is 0 Å². The van der Waals surface area contributed by atoms with Crippen molar-refractivity contribution in [3.63, 3.8) is 0 Å². The molecule has 1 fully saturated rings. The molecule has 0 amide bonds. The maximum absolute atomic E-state index is 6.08. The second-order valence-corrected chi connectivity index (χ2v) is 5.90. The predicted octanol–water partition coefficient (Wildman–Crippen LogP) is 3.96. The van der Waals surface area contributed by atoms with Crippen LogP contribution in [0, 0.1) is 5.92 Å². The van der Waals surface area contributed by atoms with Gasteiger partial charge < -0.3 is 9.47 Å². The monoisotopic (exact) mass is 272 g/mol. The molecular weight excluding hydrogens is 256 g/mol. The summed E-state index contributed by atoms with van der Waals surface area (Å²) >= 11 is 7.90. The van der Waals surface area contributed by atoms with Crippen molar-refractivity contribution in [3.05, 3.63) is 28.8 Å². The number of halogens is 1. The molecule has 17 heavy (non-hydrogen) atoms. The second-order valence-electron chi connectivity index (χ2n) is 4.35. The van der Waals surface area contributed by atoms with Gasteiger partial charge in [0.25, 0.3) is 0 Å². The van der Waals surface area contributed by atoms with Gasteiger partial charge in [0.2, 0.25) is 0 Å². The number of thioether (sulfide) groups is 1. The molecule has 0 radical (unpaired) electrons. The van der Waals surface area contributed by atoms with E-state index in [4.69, 9.17) is 21.1 Å². The first-order chi connectivity index (χ1) is 8.20. The largest absolute Gasteiger partial charge is 0.495 e. The van der Waals surface area contributed by atoms with Crippen LogP contribution in [0.2, 0.25) is 5.02 Å². The molecule has 1 aliphatic rings. The molecule has 0 N–H and O–H groups in total. The lowest BCUT2D eigenvalue weighted by molar-refractivity contribution is 0.166. The Kier molecular flexibility index (Phi) is 4.60. The number of rotatable bonds is 4. The smallest absolute Gasteiger partial charge is 0.141 e. The molecule has 1 aromatic carbocycles. The summed E-state index contributed by atoms with van der Waals surface area (Å²) in [5.41, 5.74) is 1.45. The van der Waals surface area contributed by atoms with Crippen molar-refractivity contribution in [2.45, 2.75) is 24.5 Å². The van der Waals surface area contributed by atoms with E-state index in [1.165, 1.54) is 0 Å². The highest BCUT2D eigenvalue weighted by atomic mass is 35.5. The maximum atomic E-state index is 6.08. The van der Waals surface area contributed by atoms with E-state index >= 15 is 0 Å². The maximum Gasteiger partial charge on any atom is 0.141 e. The summed E-state index contributed by atoms with van der Waals surface area (Å²) < 4.78 is 11.0. The minimum absolute atomic E-state index is 0.314. The Labute approximate surface area is 112 Å². The van der Waals surface area contributed by atoms with Crippen LogP contribution < -0.4 is 4.74 Å². The topological polar surface area (TPSA) is 18.5 Å². The van der Waals surface area contributed by atoms with Gasteiger partial charge in [-0.05, 0) is 18.4 Å². The number of hydrogen-bond acceptors (Lipinski definition) is 3. The molecule has 2 atom stereocenters. The van der Waals surface area contributed by atoms with Crippen molar-refractivity contribution in [2.24, 2.45) is 5.92 Å². The van der Waals surface area contributed by atoms with E-state index in [-0.39, 0.29) is 0 Å². The number of hydrogen-bond donors (Lipinski definition) is 0. The van der Waals surface area contributed by atoms with Gasteiger partial charge in [-0.3, -0.25) is 0 Å². The van der Waals surface area contributed by atoms with Crippen LogP contribution >= 0.6 is 23.4 Å². The van der Waals surface area contributed by atoms with Gasteiger partial charge >= 0.3 is 0 Å². The zero-order valence-electron chi connectivity index (χ0n) is 10.1. The van der Waals surface area contributed by atoms with Crippen molar-refractivity contribution < 1.29 is 9.47 Å². The number of benzene rings is 1. The molecule has 0 bridgehead atoms. The minimum atomic E-state index is 0.314. The summed E-state index contributed by atoms with van der Waals surface area (Å²) in [6.07, 6.45) is 1.13. The molecule has 1 saturated heterocycles. The second kappa shape index (κ2) is 5.98. The molecule has 94 valence electrons. The molecule has 0 aromatic heterocycles. The third-order valence-electron chi connectivity index (χ3n) is 2.84. The summed E-state index contributed by atoms with van der Waals surface area (Å²) in [7, 11) is 1.66. The van der Waals surface area contributed by atoms with Gasteiger partial charge in [-0.2, -0.15) is 0 Å². The average molecular weight is 273 g/mol. The van der Waals surface area contributed by atoms with Crippen molar-refractivity contribution in [3.8, 4) is 5.75 Å². The Morgan fingerprint density at radius 3 is 3.00 bits per heavy atom. The summed E-state index contributed by atoms with van der Waals surface area (Å²) in [6.45, 7) is 3.10. The van der Waals surface area contributed by atoms with E-state index in [0.29, 0.717) is 16.4 Å². The third-order valence-corrected chi connectivity index (χ3v) is 4.31. The van der Waals surface area contributed by atoms with Gasteiger partial charge in [0.1, 0.15) is 11.2 Å². The van der Waals surface area contributed by atoms with Crippen LogP contribution in [0.1, 0.15) is 18.9 Å². The van der Waals surface area contributed by atoms with Gasteiger partial charge in [0.05, 0.1) is 18.7 Å². The lowest BCUT2D eigenvalue weighted by Crippen LogP contribution is -2.00. The first-order valence-corrected chi connectivity index (χ1v) is 7.18. The van der Waals surface area contributed by atoms with Crippen LogP contribution in [0.4, 0.5) is 0 Å². The Morgan fingerprint density at radius 2 is 2.35 bits per heavy atom. The van der Waals surface area contributed by atoms with Crippen molar-refractivity contribution in [2.75, 3.05) is 13.7 Å². The van der Waals surface area contributed by atoms with Crippen molar-refractivity contribution in [1.29, 1.82) is 0 Å². The number of methoxy groups -OCH3 is 1. The van der Waals surface area contributed by atoms with E-state index in [0.717, 1.165) is 30.1 Å². The Hall–Kier alpha value is -0.380. The fraction of sp³-hybridized carbons (Fsp3) is 0.538. The average Bonchev–Trinajstić information content (AvgIpc) is 2.72. The van der Waals surface area contributed by atoms with Crippen molar-refractivity contribution in [1.82, 2.24) is 0 Å². The Balaban J connectivity index is 1.97. The lowest BCUT2D eigenvalue weighted by Gasteiger charge is -2.12. The number of para-hydroxylation sites is 1. The van der Waals surface area contributed by atoms with Crippen LogP contribution in [-0.2, 0) is 10.5 Å². The van der Waals surface area contributed by atoms with E-state index in [2.05, 4.69) is 13.0 Å². The predicted molar refractivity (Wildman–Crippen MR) is 72.8 cm³/mol. The summed E-state index contributed by atoms with van der Waals surface area (Å²) in [5, 5.41) is 0.673. The normalized spacial score (nSPS) is 23.9. The van der Waals surface area contributed by atoms with Crippen LogP contribution in [0.5, 0.6) is 5.75 Å². The Morgan fingerprint density at radius 1 is 1.53 bits per heavy atom. The fourth-order valence-electron chi connectivity index (χ4n) is 1.93. The van der Waals surface area contributed by atoms with Crippen LogP contribution in [0.15, 0.2) is 18.2 Å². The van der Waals surface area contributed by atoms with Gasteiger partial charge in [0, 0.05) is 11.3 Å². The van der Waals surface area contributed by atoms with Gasteiger partial charge in [0.15, 0.2) is 0 Å². The van der Waals surface area contributed by atoms with Gasteiger partial charge in [-0.15, -0.1) is 11.8 Å². The molecule has 1 heterocycles. The zero-order chi connectivity index (χ0) is 12.3. The molecule has 0 saturated carbocycles. The molecule has 2 rings (SSSR count). The first-order valence-electron chi connectivity index (χ1n) is 5.75. The number of ether oxygens (including phenoxy) is 2. The fourth-order valence-corrected chi connectivity index (χ4v) is 3.43. The van der Waals surface area contributed by atoms with Gasteiger partial charge in [-0.1, -0.05) is 30.7 Å². The minimum Gasteiger partial charge on any atom is -0.495 e. The van der Waals surface area contributed by atoms with E-state index in [1.54, 1.807) is 7.11 Å². The summed E-state index contributed by atoms with van der Waals surface area (Å²) in [4.78, 5) is 0. The molecule has 1 unspecified atom stereocenters. The molecule has 0 aliphatic carbocycles. The molecule has 1 aliphatic heterocycles. The quantitative estimate of drug-likeness (QED) is 0.826. The van der Waals surface area contributed by atoms with E-state index in [9.17, 15) is 0 Å². The van der Waals surface area contributed by atoms with Crippen LogP contribution in [-0.4, -0.2) is 19.2 Å². The highest BCUT2D eigenvalue weighted by Crippen LogP contribution is 2.35. The van der Waals surface area contributed by atoms with E-state index in [1.807, 2.05) is 23.9 Å². The molecule has 1 aromatic rings. The standard InChI is InChI=1S/C13H17ClO2S/c1-9-6-12(16-7-9)17-8-10-4-3-5-11(14)13(10)15-2/h3-5,9,12H,6-8H2,1-2H3/t9-,12?/m1/s1. The molecule has 0 spiro atoms. The molecular formula is C13H17ClO2S.